The maximum Gasteiger partial charge on any atom is 0.337 e. The van der Waals surface area contributed by atoms with Crippen molar-refractivity contribution in [3.8, 4) is 0 Å². The highest BCUT2D eigenvalue weighted by atomic mass is 32.1. The van der Waals surface area contributed by atoms with Gasteiger partial charge in [-0.25, -0.2) is 4.79 Å². The molecule has 29 heavy (non-hydrogen) atoms. The average molecular weight is 408 g/mol. The van der Waals surface area contributed by atoms with E-state index in [1.807, 2.05) is 11.5 Å². The van der Waals surface area contributed by atoms with Crippen molar-refractivity contribution < 1.29 is 18.7 Å². The molecule has 1 amide bonds. The van der Waals surface area contributed by atoms with Gasteiger partial charge in [0.2, 0.25) is 5.43 Å². The van der Waals surface area contributed by atoms with E-state index < -0.39 is 17.3 Å². The number of ether oxygens (including phenoxy) is 1. The number of benzene rings is 2. The van der Waals surface area contributed by atoms with Crippen LogP contribution in [0, 0.1) is 0 Å². The lowest BCUT2D eigenvalue weighted by Crippen LogP contribution is -2.19. The average Bonchev–Trinajstić information content (AvgIpc) is 3.09. The van der Waals surface area contributed by atoms with Crippen LogP contribution in [0.2, 0.25) is 0 Å². The smallest absolute Gasteiger partial charge is 0.337 e. The number of carbonyl (C=O) groups excluding carboxylic acids is 2. The third-order valence-electron chi connectivity index (χ3n) is 4.53. The zero-order valence-corrected chi connectivity index (χ0v) is 16.5. The zero-order valence-electron chi connectivity index (χ0n) is 15.7. The van der Waals surface area contributed by atoms with Crippen molar-refractivity contribution in [1.29, 1.82) is 0 Å². The van der Waals surface area contributed by atoms with Gasteiger partial charge in [0.05, 0.1) is 28.3 Å². The second kappa shape index (κ2) is 7.48. The highest BCUT2D eigenvalue weighted by Gasteiger charge is 2.15. The molecule has 0 unspecified atom stereocenters. The molecule has 0 aliphatic rings. The molecule has 4 aromatic rings. The van der Waals surface area contributed by atoms with Gasteiger partial charge in [-0.3, -0.25) is 9.59 Å². The quantitative estimate of drug-likeness (QED) is 0.485. The van der Waals surface area contributed by atoms with Crippen molar-refractivity contribution in [2.45, 2.75) is 13.5 Å². The lowest BCUT2D eigenvalue weighted by Gasteiger charge is -2.02. The summed E-state index contributed by atoms with van der Waals surface area (Å²) in [4.78, 5) is 41.8. The first kappa shape index (κ1) is 18.8. The second-order valence-corrected chi connectivity index (χ2v) is 7.20. The van der Waals surface area contributed by atoms with Crippen LogP contribution in [-0.2, 0) is 11.3 Å². The van der Waals surface area contributed by atoms with Gasteiger partial charge in [-0.15, -0.1) is 0 Å². The Kier molecular flexibility index (Phi) is 4.85. The molecule has 0 fully saturated rings. The number of fused-ring (bicyclic) bond motifs is 2. The van der Waals surface area contributed by atoms with Gasteiger partial charge in [-0.2, -0.15) is 4.99 Å². The first-order valence-electron chi connectivity index (χ1n) is 8.84. The molecular formula is C21H16N2O5S. The number of amides is 1. The number of hydrogen-bond acceptors (Lipinski definition) is 6. The van der Waals surface area contributed by atoms with Gasteiger partial charge in [0.25, 0.3) is 5.91 Å². The highest BCUT2D eigenvalue weighted by Crippen LogP contribution is 2.20. The van der Waals surface area contributed by atoms with Gasteiger partial charge < -0.3 is 13.7 Å². The summed E-state index contributed by atoms with van der Waals surface area (Å²) in [6, 6.07) is 11.9. The van der Waals surface area contributed by atoms with Crippen LogP contribution >= 0.6 is 11.3 Å². The van der Waals surface area contributed by atoms with E-state index in [4.69, 9.17) is 9.15 Å². The van der Waals surface area contributed by atoms with E-state index in [0.29, 0.717) is 27.9 Å². The van der Waals surface area contributed by atoms with Gasteiger partial charge in [0, 0.05) is 6.54 Å². The Bertz CT molecular complexity index is 1390. The van der Waals surface area contributed by atoms with E-state index in [2.05, 4.69) is 4.99 Å². The van der Waals surface area contributed by atoms with Crippen molar-refractivity contribution in [2.75, 3.05) is 7.11 Å². The summed E-state index contributed by atoms with van der Waals surface area (Å²) in [5.41, 5.74) is 1.12. The Labute approximate surface area is 168 Å². The van der Waals surface area contributed by atoms with Crippen LogP contribution in [0.5, 0.6) is 0 Å². The predicted octanol–water partition coefficient (Wildman–Crippen LogP) is 3.36. The summed E-state index contributed by atoms with van der Waals surface area (Å²) in [5.74, 6) is -1.11. The Balaban J connectivity index is 1.85. The molecule has 0 aliphatic carbocycles. The maximum absolute atomic E-state index is 12.7. The van der Waals surface area contributed by atoms with Crippen molar-refractivity contribution in [3.63, 3.8) is 0 Å². The van der Waals surface area contributed by atoms with Crippen LogP contribution in [0.3, 0.4) is 0 Å². The highest BCUT2D eigenvalue weighted by molar-refractivity contribution is 7.16. The predicted molar refractivity (Wildman–Crippen MR) is 109 cm³/mol. The lowest BCUT2D eigenvalue weighted by molar-refractivity contribution is 0.0600. The number of para-hydroxylation sites is 1. The molecule has 2 aromatic heterocycles. The van der Waals surface area contributed by atoms with Crippen LogP contribution in [0.15, 0.2) is 62.9 Å². The van der Waals surface area contributed by atoms with Crippen LogP contribution in [-0.4, -0.2) is 23.6 Å². The molecule has 146 valence electrons. The normalized spacial score (nSPS) is 11.9. The molecule has 2 aromatic carbocycles. The number of carbonyl (C=O) groups is 2. The number of hydrogen-bond donors (Lipinski definition) is 0. The molecule has 0 saturated carbocycles. The van der Waals surface area contributed by atoms with Crippen LogP contribution < -0.4 is 10.2 Å². The van der Waals surface area contributed by atoms with Crippen molar-refractivity contribution in [1.82, 2.24) is 4.57 Å². The third kappa shape index (κ3) is 3.27. The molecule has 8 heteroatoms. The van der Waals surface area contributed by atoms with Crippen LogP contribution in [0.25, 0.3) is 21.2 Å². The van der Waals surface area contributed by atoms with E-state index in [-0.39, 0.29) is 5.56 Å². The fourth-order valence-corrected chi connectivity index (χ4v) is 4.21. The zero-order chi connectivity index (χ0) is 20.5. The summed E-state index contributed by atoms with van der Waals surface area (Å²) in [6.45, 7) is 2.49. The SMILES string of the molecule is CCn1c(=NC(=O)c2coc3ccccc3c2=O)sc2cc(C(=O)OC)ccc21. The molecule has 7 nitrogen and oxygen atoms in total. The first-order chi connectivity index (χ1) is 14.0. The minimum atomic E-state index is -0.675. The first-order valence-corrected chi connectivity index (χ1v) is 9.66. The Morgan fingerprint density at radius 1 is 1.21 bits per heavy atom. The monoisotopic (exact) mass is 408 g/mol. The van der Waals surface area contributed by atoms with Gasteiger partial charge in [-0.1, -0.05) is 23.5 Å². The number of esters is 1. The van der Waals surface area contributed by atoms with Gasteiger partial charge in [0.15, 0.2) is 4.80 Å². The van der Waals surface area contributed by atoms with Gasteiger partial charge in [0.1, 0.15) is 17.4 Å². The fraction of sp³-hybridized carbons (Fsp3) is 0.143. The Morgan fingerprint density at radius 3 is 2.76 bits per heavy atom. The summed E-state index contributed by atoms with van der Waals surface area (Å²) >= 11 is 1.26. The number of nitrogens with zero attached hydrogens (tertiary/aromatic N) is 2. The molecule has 0 aliphatic heterocycles. The summed E-state index contributed by atoms with van der Waals surface area (Å²) in [6.07, 6.45) is 1.15. The van der Waals surface area contributed by atoms with E-state index >= 15 is 0 Å². The van der Waals surface area contributed by atoms with E-state index in [9.17, 15) is 14.4 Å². The fourth-order valence-electron chi connectivity index (χ4n) is 3.08. The molecule has 0 atom stereocenters. The number of methoxy groups -OCH3 is 1. The van der Waals surface area contributed by atoms with E-state index in [0.717, 1.165) is 16.5 Å². The largest absolute Gasteiger partial charge is 0.465 e. The molecule has 0 N–H and O–H groups in total. The van der Waals surface area contributed by atoms with Crippen LogP contribution in [0.4, 0.5) is 0 Å². The lowest BCUT2D eigenvalue weighted by atomic mass is 10.2. The summed E-state index contributed by atoms with van der Waals surface area (Å²) in [5, 5.41) is 0.330. The topological polar surface area (TPSA) is 90.9 Å². The number of aromatic nitrogens is 1. The van der Waals surface area contributed by atoms with Crippen LogP contribution in [0.1, 0.15) is 27.6 Å². The second-order valence-electron chi connectivity index (χ2n) is 6.19. The Morgan fingerprint density at radius 2 is 2.00 bits per heavy atom. The summed E-state index contributed by atoms with van der Waals surface area (Å²) < 4.78 is 12.8. The van der Waals surface area contributed by atoms with Gasteiger partial charge in [-0.05, 0) is 37.3 Å². The number of aryl methyl sites for hydroxylation is 1. The van der Waals surface area contributed by atoms with Gasteiger partial charge >= 0.3 is 5.97 Å². The molecule has 0 spiro atoms. The van der Waals surface area contributed by atoms with E-state index in [1.54, 1.807) is 42.5 Å². The van der Waals surface area contributed by atoms with Crippen molar-refractivity contribution in [2.24, 2.45) is 4.99 Å². The Hall–Kier alpha value is -3.52. The number of rotatable bonds is 3. The molecule has 4 rings (SSSR count). The van der Waals surface area contributed by atoms with Crippen molar-refractivity contribution >= 4 is 44.4 Å². The minimum Gasteiger partial charge on any atom is -0.465 e. The van der Waals surface area contributed by atoms with E-state index in [1.165, 1.54) is 18.4 Å². The molecule has 0 radical (unpaired) electrons. The molecular weight excluding hydrogens is 392 g/mol. The maximum atomic E-state index is 12.7. The minimum absolute atomic E-state index is 0.126. The number of thiazole rings is 1. The standard InChI is InChI=1S/C21H16N2O5S/c1-3-23-15-9-8-12(20(26)27-2)10-17(15)29-21(23)22-19(25)14-11-28-16-7-5-4-6-13(16)18(14)24/h4-11H,3H2,1-2H3. The molecule has 0 bridgehead atoms. The van der Waals surface area contributed by atoms with Crippen molar-refractivity contribution in [3.05, 3.63) is 74.9 Å². The molecule has 0 saturated heterocycles. The third-order valence-corrected chi connectivity index (χ3v) is 5.57. The molecule has 2 heterocycles. The summed E-state index contributed by atoms with van der Waals surface area (Å²) in [7, 11) is 1.32.